The fourth-order valence-electron chi connectivity index (χ4n) is 4.87. The Morgan fingerprint density at radius 2 is 1.77 bits per heavy atom. The Bertz CT molecular complexity index is 538. The molecule has 2 amide bonds. The molecule has 1 heterocycles. The van der Waals surface area contributed by atoms with E-state index in [4.69, 9.17) is 5.11 Å². The number of nitrogens with zero attached hydrogens (tertiary/aromatic N) is 2. The molecule has 2 atom stereocenters. The molecule has 0 aromatic heterocycles. The van der Waals surface area contributed by atoms with Gasteiger partial charge in [-0.1, -0.05) is 20.8 Å². The molecule has 2 rings (SSSR count). The van der Waals surface area contributed by atoms with E-state index in [9.17, 15) is 14.4 Å². The highest BCUT2D eigenvalue weighted by Crippen LogP contribution is 2.42. The van der Waals surface area contributed by atoms with Crippen LogP contribution in [0.5, 0.6) is 0 Å². The second-order valence-electron chi connectivity index (χ2n) is 9.23. The number of hydrogen-bond donors (Lipinski definition) is 1. The minimum atomic E-state index is -0.783. The molecule has 0 radical (unpaired) electrons. The van der Waals surface area contributed by atoms with Crippen molar-refractivity contribution in [2.24, 2.45) is 23.2 Å². The van der Waals surface area contributed by atoms with Crippen LogP contribution in [0.2, 0.25) is 0 Å². The Balaban J connectivity index is 1.79. The number of likely N-dealkylation sites (N-methyl/N-ethyl adjacent to an activating group) is 1. The van der Waals surface area contributed by atoms with Gasteiger partial charge in [0.05, 0.1) is 12.5 Å². The summed E-state index contributed by atoms with van der Waals surface area (Å²) in [5.41, 5.74) is 0.283. The minimum absolute atomic E-state index is 0.0358. The average molecular weight is 367 g/mol. The molecule has 1 N–H and O–H groups in total. The molecule has 2 aliphatic rings. The summed E-state index contributed by atoms with van der Waals surface area (Å²) in [6, 6.07) is 0. The number of amides is 2. The highest BCUT2D eigenvalue weighted by molar-refractivity contribution is 5.85. The lowest BCUT2D eigenvalue weighted by molar-refractivity contribution is -0.146. The lowest BCUT2D eigenvalue weighted by Gasteiger charge is -2.39. The van der Waals surface area contributed by atoms with Crippen LogP contribution in [-0.2, 0) is 14.4 Å². The van der Waals surface area contributed by atoms with Gasteiger partial charge in [0.2, 0.25) is 11.8 Å². The van der Waals surface area contributed by atoms with Gasteiger partial charge in [0, 0.05) is 26.6 Å². The molecular formula is C20H34N2O4. The third-order valence-corrected chi connectivity index (χ3v) is 5.94. The van der Waals surface area contributed by atoms with Crippen LogP contribution < -0.4 is 0 Å². The van der Waals surface area contributed by atoms with E-state index in [1.807, 2.05) is 0 Å². The van der Waals surface area contributed by atoms with Gasteiger partial charge in [-0.05, 0) is 49.4 Å². The van der Waals surface area contributed by atoms with Gasteiger partial charge in [-0.25, -0.2) is 0 Å². The molecule has 148 valence electrons. The molecular weight excluding hydrogens is 332 g/mol. The van der Waals surface area contributed by atoms with E-state index < -0.39 is 5.97 Å². The zero-order valence-electron chi connectivity index (χ0n) is 16.7. The lowest BCUT2D eigenvalue weighted by Crippen LogP contribution is -2.45. The second kappa shape index (κ2) is 8.40. The Hall–Kier alpha value is -1.59. The number of hydrogen-bond acceptors (Lipinski definition) is 3. The van der Waals surface area contributed by atoms with Crippen molar-refractivity contribution in [2.75, 3.05) is 26.7 Å². The highest BCUT2D eigenvalue weighted by Gasteiger charge is 2.34. The molecule has 2 fully saturated rings. The third-order valence-electron chi connectivity index (χ3n) is 5.94. The summed E-state index contributed by atoms with van der Waals surface area (Å²) in [7, 11) is 1.70. The van der Waals surface area contributed by atoms with Crippen LogP contribution >= 0.6 is 0 Å². The molecule has 6 heteroatoms. The predicted octanol–water partition coefficient (Wildman–Crippen LogP) is 2.62. The summed E-state index contributed by atoms with van der Waals surface area (Å²) in [5.74, 6) is -0.149. The van der Waals surface area contributed by atoms with E-state index in [1.165, 1.54) is 11.3 Å². The minimum Gasteiger partial charge on any atom is -0.481 e. The number of piperidine rings is 1. The summed E-state index contributed by atoms with van der Waals surface area (Å²) >= 11 is 0. The first kappa shape index (κ1) is 20.7. The summed E-state index contributed by atoms with van der Waals surface area (Å²) < 4.78 is 0. The van der Waals surface area contributed by atoms with Crippen molar-refractivity contribution in [3.05, 3.63) is 0 Å². The van der Waals surface area contributed by atoms with Gasteiger partial charge < -0.3 is 14.9 Å². The SMILES string of the molecule is CC1CC(CC(=O)N(C)CC(=O)N2CCC(C(=O)O)CC2)CC(C)(C)C1. The molecule has 0 aromatic rings. The van der Waals surface area contributed by atoms with Gasteiger partial charge in [0.25, 0.3) is 0 Å². The maximum absolute atomic E-state index is 12.6. The average Bonchev–Trinajstić information content (AvgIpc) is 2.52. The van der Waals surface area contributed by atoms with Crippen LogP contribution in [0.25, 0.3) is 0 Å². The Morgan fingerprint density at radius 1 is 1.15 bits per heavy atom. The van der Waals surface area contributed by atoms with Crippen molar-refractivity contribution in [1.82, 2.24) is 9.80 Å². The van der Waals surface area contributed by atoms with Gasteiger partial charge in [0.1, 0.15) is 0 Å². The van der Waals surface area contributed by atoms with Crippen molar-refractivity contribution in [3.63, 3.8) is 0 Å². The van der Waals surface area contributed by atoms with Crippen LogP contribution in [0.3, 0.4) is 0 Å². The molecule has 26 heavy (non-hydrogen) atoms. The first-order valence-electron chi connectivity index (χ1n) is 9.82. The van der Waals surface area contributed by atoms with Crippen LogP contribution in [-0.4, -0.2) is 59.4 Å². The van der Waals surface area contributed by atoms with E-state index >= 15 is 0 Å². The number of carboxylic acids is 1. The van der Waals surface area contributed by atoms with Crippen LogP contribution in [0.4, 0.5) is 0 Å². The second-order valence-corrected chi connectivity index (χ2v) is 9.23. The van der Waals surface area contributed by atoms with Crippen molar-refractivity contribution in [2.45, 2.75) is 59.3 Å². The van der Waals surface area contributed by atoms with Gasteiger partial charge in [0.15, 0.2) is 0 Å². The number of carbonyl (C=O) groups excluding carboxylic acids is 2. The largest absolute Gasteiger partial charge is 0.481 e. The fraction of sp³-hybridized carbons (Fsp3) is 0.850. The molecule has 0 spiro atoms. The monoisotopic (exact) mass is 366 g/mol. The third kappa shape index (κ3) is 5.71. The molecule has 1 aliphatic carbocycles. The van der Waals surface area contributed by atoms with E-state index in [0.717, 1.165) is 12.8 Å². The van der Waals surface area contributed by atoms with Gasteiger partial charge in [-0.2, -0.15) is 0 Å². The van der Waals surface area contributed by atoms with Crippen LogP contribution in [0, 0.1) is 23.2 Å². The Morgan fingerprint density at radius 3 is 2.31 bits per heavy atom. The van der Waals surface area contributed by atoms with Gasteiger partial charge in [-0.3, -0.25) is 14.4 Å². The van der Waals surface area contributed by atoms with Crippen molar-refractivity contribution in [1.29, 1.82) is 0 Å². The van der Waals surface area contributed by atoms with Crippen molar-refractivity contribution >= 4 is 17.8 Å². The molecule has 0 bridgehead atoms. The smallest absolute Gasteiger partial charge is 0.306 e. The molecule has 1 aliphatic heterocycles. The zero-order chi connectivity index (χ0) is 19.5. The molecule has 6 nitrogen and oxygen atoms in total. The number of carbonyl (C=O) groups is 3. The normalized spacial score (nSPS) is 26.4. The molecule has 2 unspecified atom stereocenters. The zero-order valence-corrected chi connectivity index (χ0v) is 16.7. The van der Waals surface area contributed by atoms with E-state index in [2.05, 4.69) is 20.8 Å². The fourth-order valence-corrected chi connectivity index (χ4v) is 4.87. The predicted molar refractivity (Wildman–Crippen MR) is 99.5 cm³/mol. The molecule has 1 saturated carbocycles. The topological polar surface area (TPSA) is 77.9 Å². The summed E-state index contributed by atoms with van der Waals surface area (Å²) in [6.45, 7) is 7.81. The summed E-state index contributed by atoms with van der Waals surface area (Å²) in [6.07, 6.45) is 4.85. The summed E-state index contributed by atoms with van der Waals surface area (Å²) in [5, 5.41) is 9.04. The number of likely N-dealkylation sites (tertiary alicyclic amines) is 1. The maximum Gasteiger partial charge on any atom is 0.306 e. The quantitative estimate of drug-likeness (QED) is 0.811. The Labute approximate surface area is 156 Å². The first-order valence-corrected chi connectivity index (χ1v) is 9.82. The standard InChI is InChI=1S/C20H34N2O4/c1-14-9-15(12-20(2,3)11-14)10-17(23)21(4)13-18(24)22-7-5-16(6-8-22)19(25)26/h14-16H,5-13H2,1-4H3,(H,25,26). The van der Waals surface area contributed by atoms with E-state index in [-0.39, 0.29) is 29.7 Å². The van der Waals surface area contributed by atoms with Crippen LogP contribution in [0.1, 0.15) is 59.3 Å². The maximum atomic E-state index is 12.6. The lowest BCUT2D eigenvalue weighted by atomic mass is 9.67. The van der Waals surface area contributed by atoms with E-state index in [0.29, 0.717) is 44.2 Å². The van der Waals surface area contributed by atoms with Crippen molar-refractivity contribution < 1.29 is 19.5 Å². The number of rotatable bonds is 5. The van der Waals surface area contributed by atoms with E-state index in [1.54, 1.807) is 11.9 Å². The molecule has 1 saturated heterocycles. The number of aliphatic carboxylic acids is 1. The van der Waals surface area contributed by atoms with Gasteiger partial charge >= 0.3 is 5.97 Å². The highest BCUT2D eigenvalue weighted by atomic mass is 16.4. The van der Waals surface area contributed by atoms with Gasteiger partial charge in [-0.15, -0.1) is 0 Å². The van der Waals surface area contributed by atoms with Crippen molar-refractivity contribution in [3.8, 4) is 0 Å². The summed E-state index contributed by atoms with van der Waals surface area (Å²) in [4.78, 5) is 39.2. The van der Waals surface area contributed by atoms with Crippen LogP contribution in [0.15, 0.2) is 0 Å². The Kier molecular flexibility index (Phi) is 6.69. The number of carboxylic acid groups (broad SMARTS) is 1. The molecule has 0 aromatic carbocycles. The first-order chi connectivity index (χ1) is 12.1.